The van der Waals surface area contributed by atoms with E-state index in [1.165, 1.54) is 62.6 Å². The average molecular weight is 873 g/mol. The molecular weight excluding hydrogens is 824 g/mol. The van der Waals surface area contributed by atoms with Crippen LogP contribution in [0, 0.1) is 0 Å². The molecule has 0 saturated carbocycles. The zero-order chi connectivity index (χ0) is 44.7. The minimum Gasteiger partial charge on any atom is -0.493 e. The van der Waals surface area contributed by atoms with E-state index < -0.39 is 123 Å². The summed E-state index contributed by atoms with van der Waals surface area (Å²) in [5, 5.41) is 84.9. The van der Waals surface area contributed by atoms with Gasteiger partial charge in [-0.05, 0) is 55.0 Å². The Kier molecular flexibility index (Phi) is 15.3. The van der Waals surface area contributed by atoms with Gasteiger partial charge in [-0.1, -0.05) is 42.5 Å². The van der Waals surface area contributed by atoms with Crippen molar-refractivity contribution in [2.24, 2.45) is 0 Å². The molecule has 0 amide bonds. The van der Waals surface area contributed by atoms with E-state index in [2.05, 4.69) is 0 Å². The summed E-state index contributed by atoms with van der Waals surface area (Å²) in [5.41, 5.74) is 0.587. The lowest BCUT2D eigenvalue weighted by Crippen LogP contribution is -2.64. The Hall–Kier alpha value is -5.07. The molecule has 6 rings (SSSR count). The fraction of sp³-hybridized carbons (Fsp3) is 0.452. The van der Waals surface area contributed by atoms with Crippen molar-refractivity contribution in [2.75, 3.05) is 26.9 Å². The normalized spacial score (nSPS) is 33.4. The summed E-state index contributed by atoms with van der Waals surface area (Å²) >= 11 is 0. The number of carbonyl (C=O) groups excluding carboxylic acids is 3. The zero-order valence-corrected chi connectivity index (χ0v) is 33.3. The van der Waals surface area contributed by atoms with E-state index in [4.69, 9.17) is 42.6 Å². The van der Waals surface area contributed by atoms with Gasteiger partial charge in [-0.15, -0.1) is 0 Å². The standard InChI is InChI=1S/C42H48O20/c1-21-30(46)32(48)34(50)40(56-21)57-25-15-13-22(17-26(25)54-2)14-16-29(45)59-37-31(47)27(18-43)61-42(37,20-44)62-41-35(51)33(49)36(60-39(53)24-11-7-4-8-12-24)28(58-41)19-55-38(52)23-9-5-3-6-10-23/h3-17,21,27-28,30-37,40-41,43-44,46-51H,18-20H2,1-2H3/t21-,27+,28+,30-,31+,32+,33+,34+,35+,36+,37-,40-,41+,42-/m0/s1. The van der Waals surface area contributed by atoms with Crippen LogP contribution in [0.3, 0.4) is 0 Å². The molecule has 3 aliphatic heterocycles. The molecule has 14 atom stereocenters. The van der Waals surface area contributed by atoms with Crippen LogP contribution in [0.15, 0.2) is 84.9 Å². The number of benzene rings is 3. The maximum Gasteiger partial charge on any atom is 0.338 e. The van der Waals surface area contributed by atoms with Crippen LogP contribution in [0.2, 0.25) is 0 Å². The number of rotatable bonds is 15. The summed E-state index contributed by atoms with van der Waals surface area (Å²) in [6.07, 6.45) is -19.0. The lowest BCUT2D eigenvalue weighted by molar-refractivity contribution is -0.383. The Morgan fingerprint density at radius 2 is 1.35 bits per heavy atom. The molecule has 8 N–H and O–H groups in total. The summed E-state index contributed by atoms with van der Waals surface area (Å²) in [5.74, 6) is -5.23. The Morgan fingerprint density at radius 3 is 1.98 bits per heavy atom. The number of ether oxygens (including phenoxy) is 9. The molecule has 0 aromatic heterocycles. The molecule has 3 heterocycles. The maximum absolute atomic E-state index is 13.3. The third-order valence-electron chi connectivity index (χ3n) is 10.4. The number of hydrogen-bond acceptors (Lipinski definition) is 20. The molecule has 62 heavy (non-hydrogen) atoms. The van der Waals surface area contributed by atoms with Gasteiger partial charge in [0.15, 0.2) is 30.0 Å². The molecule has 336 valence electrons. The second kappa shape index (κ2) is 20.4. The van der Waals surface area contributed by atoms with Crippen LogP contribution >= 0.6 is 0 Å². The van der Waals surface area contributed by atoms with Gasteiger partial charge >= 0.3 is 17.9 Å². The quantitative estimate of drug-likeness (QED) is 0.0506. The van der Waals surface area contributed by atoms with Gasteiger partial charge in [-0.2, -0.15) is 0 Å². The Bertz CT molecular complexity index is 2000. The highest BCUT2D eigenvalue weighted by Gasteiger charge is 2.61. The third kappa shape index (κ3) is 10.2. The first-order chi connectivity index (χ1) is 29.7. The van der Waals surface area contributed by atoms with Crippen LogP contribution in [0.5, 0.6) is 11.5 Å². The first-order valence-corrected chi connectivity index (χ1v) is 19.4. The molecule has 3 aromatic carbocycles. The summed E-state index contributed by atoms with van der Waals surface area (Å²) in [6.45, 7) is -1.22. The first-order valence-electron chi connectivity index (χ1n) is 19.4. The van der Waals surface area contributed by atoms with Gasteiger partial charge in [-0.3, -0.25) is 0 Å². The second-order valence-corrected chi connectivity index (χ2v) is 14.5. The Morgan fingerprint density at radius 1 is 0.710 bits per heavy atom. The lowest BCUT2D eigenvalue weighted by atomic mass is 9.98. The average Bonchev–Trinajstić information content (AvgIpc) is 3.55. The molecule has 3 aliphatic rings. The number of carbonyl (C=O) groups is 3. The molecule has 0 aliphatic carbocycles. The number of aliphatic hydroxyl groups is 8. The number of hydrogen-bond donors (Lipinski definition) is 8. The van der Waals surface area contributed by atoms with Crippen LogP contribution in [0.4, 0.5) is 0 Å². The van der Waals surface area contributed by atoms with E-state index >= 15 is 0 Å². The highest BCUT2D eigenvalue weighted by molar-refractivity contribution is 5.90. The van der Waals surface area contributed by atoms with Gasteiger partial charge in [0, 0.05) is 6.08 Å². The highest BCUT2D eigenvalue weighted by Crippen LogP contribution is 2.39. The fourth-order valence-electron chi connectivity index (χ4n) is 6.92. The van der Waals surface area contributed by atoms with Crippen molar-refractivity contribution in [2.45, 2.75) is 92.4 Å². The van der Waals surface area contributed by atoms with E-state index in [1.807, 2.05) is 0 Å². The van der Waals surface area contributed by atoms with Crippen LogP contribution < -0.4 is 9.47 Å². The summed E-state index contributed by atoms with van der Waals surface area (Å²) < 4.78 is 50.5. The lowest BCUT2D eigenvalue weighted by Gasteiger charge is -2.44. The van der Waals surface area contributed by atoms with Crippen molar-refractivity contribution in [1.29, 1.82) is 0 Å². The maximum atomic E-state index is 13.3. The SMILES string of the molecule is COc1cc(C=CC(=O)O[C@H]2[C@H](O)[C@@H](CO)O[C@@]2(CO)O[C@H]2O[C@H](COC(=O)c3ccccc3)[C@@H](OC(=O)c3ccccc3)[C@H](O)[C@H]2O)ccc1O[C@@H]1O[C@@H](C)[C@H](O)[C@@H](O)[C@H]1O. The molecule has 3 saturated heterocycles. The molecule has 0 bridgehead atoms. The van der Waals surface area contributed by atoms with E-state index in [0.717, 1.165) is 6.08 Å². The van der Waals surface area contributed by atoms with E-state index in [0.29, 0.717) is 5.56 Å². The van der Waals surface area contributed by atoms with Crippen LogP contribution in [-0.4, -0.2) is 171 Å². The van der Waals surface area contributed by atoms with Crippen molar-refractivity contribution in [3.05, 3.63) is 102 Å². The molecule has 3 aromatic rings. The van der Waals surface area contributed by atoms with Gasteiger partial charge in [0.05, 0.1) is 30.9 Å². The van der Waals surface area contributed by atoms with Gasteiger partial charge in [0.1, 0.15) is 62.0 Å². The summed E-state index contributed by atoms with van der Waals surface area (Å²) in [6, 6.07) is 19.8. The monoisotopic (exact) mass is 872 g/mol. The smallest absolute Gasteiger partial charge is 0.338 e. The highest BCUT2D eigenvalue weighted by atomic mass is 16.8. The van der Waals surface area contributed by atoms with Crippen molar-refractivity contribution < 1.29 is 97.9 Å². The molecule has 20 heteroatoms. The number of aliphatic hydroxyl groups excluding tert-OH is 8. The van der Waals surface area contributed by atoms with Crippen molar-refractivity contribution in [3.63, 3.8) is 0 Å². The predicted molar refractivity (Wildman–Crippen MR) is 207 cm³/mol. The molecular formula is C42H48O20. The molecule has 20 nitrogen and oxygen atoms in total. The fourth-order valence-corrected chi connectivity index (χ4v) is 6.92. The van der Waals surface area contributed by atoms with Crippen LogP contribution in [0.1, 0.15) is 33.2 Å². The van der Waals surface area contributed by atoms with Gasteiger partial charge in [0.25, 0.3) is 0 Å². The third-order valence-corrected chi connectivity index (χ3v) is 10.4. The Balaban J connectivity index is 1.18. The van der Waals surface area contributed by atoms with Crippen LogP contribution in [0.25, 0.3) is 6.08 Å². The predicted octanol–water partition coefficient (Wildman–Crippen LogP) is -1.19. The minimum absolute atomic E-state index is 0.0766. The van der Waals surface area contributed by atoms with E-state index in [-0.39, 0.29) is 22.6 Å². The molecule has 3 fully saturated rings. The number of methoxy groups -OCH3 is 1. The van der Waals surface area contributed by atoms with Crippen molar-refractivity contribution >= 4 is 24.0 Å². The molecule has 0 spiro atoms. The topological polar surface area (TPSA) is 296 Å². The van der Waals surface area contributed by atoms with E-state index in [9.17, 15) is 55.2 Å². The van der Waals surface area contributed by atoms with Gasteiger partial charge < -0.3 is 83.5 Å². The molecule has 0 unspecified atom stereocenters. The zero-order valence-electron chi connectivity index (χ0n) is 33.3. The Labute approximate surface area is 353 Å². The molecule has 0 radical (unpaired) electrons. The van der Waals surface area contributed by atoms with Crippen LogP contribution in [-0.2, 0) is 38.0 Å². The largest absolute Gasteiger partial charge is 0.493 e. The van der Waals surface area contributed by atoms with Crippen molar-refractivity contribution in [3.8, 4) is 11.5 Å². The second-order valence-electron chi connectivity index (χ2n) is 14.5. The first kappa shape index (κ1) is 46.4. The van der Waals surface area contributed by atoms with Crippen molar-refractivity contribution in [1.82, 2.24) is 0 Å². The van der Waals surface area contributed by atoms with Gasteiger partial charge in [-0.25, -0.2) is 14.4 Å². The minimum atomic E-state index is -2.56. The summed E-state index contributed by atoms with van der Waals surface area (Å²) in [4.78, 5) is 39.2. The number of esters is 3. The van der Waals surface area contributed by atoms with Gasteiger partial charge in [0.2, 0.25) is 12.1 Å². The summed E-state index contributed by atoms with van der Waals surface area (Å²) in [7, 11) is 1.32. The van der Waals surface area contributed by atoms with E-state index in [1.54, 1.807) is 36.4 Å².